The van der Waals surface area contributed by atoms with Crippen molar-refractivity contribution in [3.05, 3.63) is 193 Å². The van der Waals surface area contributed by atoms with E-state index in [-0.39, 0.29) is 20.1 Å². The van der Waals surface area contributed by atoms with Crippen molar-refractivity contribution in [1.82, 2.24) is 38.7 Å². The van der Waals surface area contributed by atoms with Gasteiger partial charge in [-0.15, -0.1) is 12.1 Å². The molecule has 0 aliphatic carbocycles. The first kappa shape index (κ1) is 34.0. The summed E-state index contributed by atoms with van der Waals surface area (Å²) in [5.74, 6) is 0. The second-order valence-electron chi connectivity index (χ2n) is 12.8. The number of hydrogen-bond acceptors (Lipinski definition) is 4. The van der Waals surface area contributed by atoms with Crippen LogP contribution < -0.4 is 0 Å². The zero-order valence-corrected chi connectivity index (χ0v) is 31.1. The van der Waals surface area contributed by atoms with E-state index in [1.165, 1.54) is 11.0 Å². The number of para-hydroxylation sites is 4. The van der Waals surface area contributed by atoms with Gasteiger partial charge in [-0.3, -0.25) is 19.3 Å². The van der Waals surface area contributed by atoms with E-state index in [2.05, 4.69) is 116 Å². The Morgan fingerprint density at radius 3 is 1.23 bits per heavy atom. The molecule has 9 heteroatoms. The molecule has 0 unspecified atom stereocenters. The minimum absolute atomic E-state index is 0. The maximum Gasteiger partial charge on any atom is 0.0838 e. The van der Waals surface area contributed by atoms with Gasteiger partial charge in [0, 0.05) is 30.9 Å². The molecule has 10 aromatic rings. The molecule has 10 rings (SSSR count). The fourth-order valence-electron chi connectivity index (χ4n) is 6.76. The predicted molar refractivity (Wildman–Crippen MR) is 206 cm³/mol. The van der Waals surface area contributed by atoms with E-state index < -0.39 is 0 Å². The number of rotatable bonds is 8. The predicted octanol–water partition coefficient (Wildman–Crippen LogP) is 8.56. The summed E-state index contributed by atoms with van der Waals surface area (Å²) in [6.45, 7) is 2.80. The minimum atomic E-state index is 0. The van der Waals surface area contributed by atoms with Crippen LogP contribution in [0.2, 0.25) is 0 Å². The molecule has 0 spiro atoms. The van der Waals surface area contributed by atoms with E-state index in [1.807, 2.05) is 82.7 Å². The van der Waals surface area contributed by atoms with E-state index in [4.69, 9.17) is 9.97 Å². The maximum atomic E-state index is 4.87. The van der Waals surface area contributed by atoms with Gasteiger partial charge in [0.15, 0.2) is 0 Å². The van der Waals surface area contributed by atoms with Gasteiger partial charge in [0.1, 0.15) is 0 Å². The summed E-state index contributed by atoms with van der Waals surface area (Å²) in [5.41, 5.74) is 8.71. The normalized spacial score (nSPS) is 11.2. The average Bonchev–Trinajstić information content (AvgIpc) is 3.99. The summed E-state index contributed by atoms with van der Waals surface area (Å²) >= 11 is 0. The molecule has 0 atom stereocenters. The molecule has 53 heavy (non-hydrogen) atoms. The van der Waals surface area contributed by atoms with Gasteiger partial charge in [-0.1, -0.05) is 96.2 Å². The molecule has 8 nitrogen and oxygen atoms in total. The third-order valence-corrected chi connectivity index (χ3v) is 9.30. The molecule has 1 radical (unpaired) electrons. The Balaban J connectivity index is 0.000000148. The van der Waals surface area contributed by atoms with Crippen molar-refractivity contribution in [2.75, 3.05) is 0 Å². The molecule has 261 valence electrons. The number of pyridine rings is 2. The number of nitrogens with zero attached hydrogens (tertiary/aromatic N) is 8. The summed E-state index contributed by atoms with van der Waals surface area (Å²) in [6.07, 6.45) is 7.81. The van der Waals surface area contributed by atoms with Gasteiger partial charge >= 0.3 is 0 Å². The van der Waals surface area contributed by atoms with Crippen molar-refractivity contribution in [3.8, 4) is 0 Å². The van der Waals surface area contributed by atoms with Crippen molar-refractivity contribution in [1.29, 1.82) is 0 Å². The summed E-state index contributed by atoms with van der Waals surface area (Å²) in [4.78, 5) is 9.68. The Kier molecular flexibility index (Phi) is 9.75. The molecular weight excluding hydrogens is 833 g/mol. The topological polar surface area (TPSA) is 71.3 Å². The Hall–Kier alpha value is -6.15. The Morgan fingerprint density at radius 1 is 0.396 bits per heavy atom. The van der Waals surface area contributed by atoms with E-state index in [0.29, 0.717) is 13.1 Å². The van der Waals surface area contributed by atoms with Gasteiger partial charge in [-0.25, -0.2) is 0 Å². The first-order valence-electron chi connectivity index (χ1n) is 17.4. The molecule has 0 N–H and O–H groups in total. The van der Waals surface area contributed by atoms with Gasteiger partial charge in [0.2, 0.25) is 0 Å². The molecule has 0 saturated heterocycles. The molecule has 0 aliphatic rings. The van der Waals surface area contributed by atoms with Gasteiger partial charge < -0.3 is 9.13 Å². The molecule has 0 fully saturated rings. The van der Waals surface area contributed by atoms with Gasteiger partial charge in [0.05, 0.1) is 72.4 Å². The molecular formula is C44H34IrN8-2. The van der Waals surface area contributed by atoms with Crippen LogP contribution in [0.15, 0.2) is 158 Å². The molecule has 0 amide bonds. The number of fused-ring (bicyclic) bond motifs is 4. The van der Waals surface area contributed by atoms with Crippen LogP contribution in [0, 0.1) is 12.1 Å². The summed E-state index contributed by atoms with van der Waals surface area (Å²) in [7, 11) is 0. The average molecular weight is 867 g/mol. The largest absolute Gasteiger partial charge is 0.406 e. The maximum absolute atomic E-state index is 4.87. The summed E-state index contributed by atoms with van der Waals surface area (Å²) < 4.78 is 8.37. The van der Waals surface area contributed by atoms with Crippen LogP contribution in [-0.2, 0) is 46.3 Å². The SMILES string of the molecule is [Ir].[c-]1cn(Cc2cccc(Cn3c[c-]c4ccccc43)n2)c2ccccc12.c1cc(Cn2ncc3ccccc32)nc(Cn2ncc3ccccc32)c1. The van der Waals surface area contributed by atoms with Crippen LogP contribution in [0.4, 0.5) is 0 Å². The monoisotopic (exact) mass is 867 g/mol. The van der Waals surface area contributed by atoms with Crippen molar-refractivity contribution in [2.24, 2.45) is 0 Å². The minimum Gasteiger partial charge on any atom is -0.406 e. The Bertz CT molecular complexity index is 2410. The van der Waals surface area contributed by atoms with E-state index >= 15 is 0 Å². The van der Waals surface area contributed by atoms with Crippen molar-refractivity contribution >= 4 is 43.6 Å². The standard InChI is InChI=1S/C23H17N3.C21H17N5.Ir/c1-3-10-22-18(6-1)12-14-25(22)16-20-8-5-9-21(24-20)17-26-15-13-19-7-2-4-11-23(19)26;1-3-10-20-16(6-1)12-22-25(20)14-18-8-5-9-19(24-18)15-26-21-11-4-2-7-17(21)13-23-26;/h1-11,14-15H,16-17H2;1-13H,14-15H2;/q-2;;. The van der Waals surface area contributed by atoms with Gasteiger partial charge in [-0.2, -0.15) is 45.2 Å². The second kappa shape index (κ2) is 15.2. The number of benzene rings is 4. The van der Waals surface area contributed by atoms with Crippen LogP contribution in [0.1, 0.15) is 22.8 Å². The number of hydrogen-bond donors (Lipinski definition) is 0. The zero-order valence-electron chi connectivity index (χ0n) is 28.8. The third kappa shape index (κ3) is 7.31. The summed E-state index contributed by atoms with van der Waals surface area (Å²) in [5, 5.41) is 13.6. The zero-order chi connectivity index (χ0) is 34.7. The quantitative estimate of drug-likeness (QED) is 0.144. The van der Waals surface area contributed by atoms with E-state index in [0.717, 1.165) is 68.4 Å². The molecule has 0 aliphatic heterocycles. The third-order valence-electron chi connectivity index (χ3n) is 9.30. The second-order valence-corrected chi connectivity index (χ2v) is 12.8. The van der Waals surface area contributed by atoms with Crippen LogP contribution in [0.5, 0.6) is 0 Å². The van der Waals surface area contributed by atoms with E-state index in [1.54, 1.807) is 0 Å². The molecule has 6 heterocycles. The van der Waals surface area contributed by atoms with E-state index in [9.17, 15) is 0 Å². The molecule has 6 aromatic heterocycles. The van der Waals surface area contributed by atoms with Crippen molar-refractivity contribution in [3.63, 3.8) is 0 Å². The van der Waals surface area contributed by atoms with Crippen LogP contribution >= 0.6 is 0 Å². The number of aromatic nitrogens is 8. The summed E-state index contributed by atoms with van der Waals surface area (Å²) in [6, 6.07) is 52.1. The fourth-order valence-corrected chi connectivity index (χ4v) is 6.76. The first-order chi connectivity index (χ1) is 25.7. The Morgan fingerprint density at radius 2 is 0.774 bits per heavy atom. The smallest absolute Gasteiger partial charge is 0.0838 e. The van der Waals surface area contributed by atoms with Crippen molar-refractivity contribution in [2.45, 2.75) is 26.2 Å². The van der Waals surface area contributed by atoms with Gasteiger partial charge in [0.25, 0.3) is 0 Å². The first-order valence-corrected chi connectivity index (χ1v) is 17.4. The fraction of sp³-hybridized carbons (Fsp3) is 0.0909. The van der Waals surface area contributed by atoms with Gasteiger partial charge in [-0.05, 0) is 36.4 Å². The molecule has 0 saturated carbocycles. The Labute approximate surface area is 320 Å². The van der Waals surface area contributed by atoms with Crippen LogP contribution in [0.25, 0.3) is 43.6 Å². The molecule has 0 bridgehead atoms. The molecule has 4 aromatic carbocycles. The van der Waals surface area contributed by atoms with Crippen LogP contribution in [-0.4, -0.2) is 38.7 Å². The van der Waals surface area contributed by atoms with Crippen molar-refractivity contribution < 1.29 is 20.1 Å². The van der Waals surface area contributed by atoms with Crippen LogP contribution in [0.3, 0.4) is 0 Å².